The number of benzene rings is 1. The molecule has 1 rings (SSSR count). The lowest BCUT2D eigenvalue weighted by atomic mass is 10.1. The van der Waals surface area contributed by atoms with Crippen LogP contribution >= 0.6 is 0 Å². The highest BCUT2D eigenvalue weighted by atomic mass is 16.6. The molecular weight excluding hydrogens is 336 g/mol. The molecule has 1 unspecified atom stereocenters. The molecular formula is C18H28N4O4. The zero-order valence-corrected chi connectivity index (χ0v) is 16.3. The van der Waals surface area contributed by atoms with Gasteiger partial charge in [0.15, 0.2) is 0 Å². The number of amides is 2. The van der Waals surface area contributed by atoms with Crippen molar-refractivity contribution in [1.82, 2.24) is 15.1 Å². The van der Waals surface area contributed by atoms with Gasteiger partial charge in [0.2, 0.25) is 11.8 Å². The molecule has 0 aliphatic heterocycles. The number of carbonyl (C=O) groups excluding carboxylic acids is 2. The van der Waals surface area contributed by atoms with Gasteiger partial charge >= 0.3 is 0 Å². The molecule has 0 radical (unpaired) electrons. The van der Waals surface area contributed by atoms with Crippen molar-refractivity contribution < 1.29 is 14.5 Å². The van der Waals surface area contributed by atoms with Crippen molar-refractivity contribution in [3.8, 4) is 0 Å². The molecule has 1 aromatic rings. The third kappa shape index (κ3) is 6.79. The van der Waals surface area contributed by atoms with Crippen LogP contribution in [0.5, 0.6) is 0 Å². The first-order valence-corrected chi connectivity index (χ1v) is 8.40. The quantitative estimate of drug-likeness (QED) is 0.589. The Labute approximate surface area is 154 Å². The number of carbonyl (C=O) groups is 2. The third-order valence-corrected chi connectivity index (χ3v) is 3.93. The molecule has 1 N–H and O–H groups in total. The molecule has 0 heterocycles. The molecule has 0 spiro atoms. The summed E-state index contributed by atoms with van der Waals surface area (Å²) >= 11 is 0. The van der Waals surface area contributed by atoms with Gasteiger partial charge in [0.05, 0.1) is 18.0 Å². The van der Waals surface area contributed by atoms with Crippen molar-refractivity contribution in [2.75, 3.05) is 27.2 Å². The van der Waals surface area contributed by atoms with E-state index in [1.165, 1.54) is 17.0 Å². The summed E-state index contributed by atoms with van der Waals surface area (Å²) in [7, 11) is 3.35. The first-order valence-electron chi connectivity index (χ1n) is 8.40. The van der Waals surface area contributed by atoms with E-state index in [2.05, 4.69) is 5.32 Å². The number of likely N-dealkylation sites (N-methyl/N-ethyl adjacent to an activating group) is 2. The molecule has 0 bridgehead atoms. The Kier molecular flexibility index (Phi) is 7.26. The van der Waals surface area contributed by atoms with Gasteiger partial charge in [-0.25, -0.2) is 0 Å². The summed E-state index contributed by atoms with van der Waals surface area (Å²) in [5.74, 6) is -0.420. The van der Waals surface area contributed by atoms with Crippen molar-refractivity contribution >= 4 is 17.5 Å². The van der Waals surface area contributed by atoms with Crippen molar-refractivity contribution in [2.24, 2.45) is 0 Å². The minimum atomic E-state index is -0.441. The SMILES string of the molecule is CC(c1cccc([N+](=O)[O-])c1)N(C)CC(=O)N(C)CC(=O)NC(C)(C)C. The number of hydrogen-bond donors (Lipinski definition) is 1. The monoisotopic (exact) mass is 364 g/mol. The number of nitro groups is 1. The topological polar surface area (TPSA) is 95.8 Å². The van der Waals surface area contributed by atoms with E-state index in [1.54, 1.807) is 31.1 Å². The van der Waals surface area contributed by atoms with E-state index in [9.17, 15) is 19.7 Å². The van der Waals surface area contributed by atoms with Gasteiger partial charge in [0.25, 0.3) is 5.69 Å². The second-order valence-electron chi connectivity index (χ2n) is 7.49. The zero-order valence-electron chi connectivity index (χ0n) is 16.3. The average Bonchev–Trinajstić information content (AvgIpc) is 2.52. The van der Waals surface area contributed by atoms with E-state index in [1.807, 2.05) is 27.7 Å². The Morgan fingerprint density at radius 2 is 1.85 bits per heavy atom. The normalized spacial score (nSPS) is 12.6. The van der Waals surface area contributed by atoms with Gasteiger partial charge in [-0.2, -0.15) is 0 Å². The maximum atomic E-state index is 12.4. The first kappa shape index (κ1) is 21.6. The predicted molar refractivity (Wildman–Crippen MR) is 99.7 cm³/mol. The predicted octanol–water partition coefficient (Wildman–Crippen LogP) is 1.96. The van der Waals surface area contributed by atoms with Crippen molar-refractivity contribution in [3.05, 3.63) is 39.9 Å². The highest BCUT2D eigenvalue weighted by Gasteiger charge is 2.21. The van der Waals surface area contributed by atoms with E-state index < -0.39 is 4.92 Å². The smallest absolute Gasteiger partial charge is 0.269 e. The minimum absolute atomic E-state index is 0.0186. The molecule has 1 aromatic carbocycles. The van der Waals surface area contributed by atoms with Gasteiger partial charge in [-0.15, -0.1) is 0 Å². The van der Waals surface area contributed by atoms with Gasteiger partial charge in [-0.1, -0.05) is 12.1 Å². The van der Waals surface area contributed by atoms with Crippen LogP contribution in [0.2, 0.25) is 0 Å². The molecule has 0 aromatic heterocycles. The number of rotatable bonds is 7. The summed E-state index contributed by atoms with van der Waals surface area (Å²) < 4.78 is 0. The minimum Gasteiger partial charge on any atom is -0.350 e. The Morgan fingerprint density at radius 1 is 1.23 bits per heavy atom. The molecule has 8 nitrogen and oxygen atoms in total. The molecule has 0 saturated carbocycles. The van der Waals surface area contributed by atoms with Crippen LogP contribution in [-0.4, -0.2) is 59.3 Å². The van der Waals surface area contributed by atoms with Crippen LogP contribution in [0, 0.1) is 10.1 Å². The molecule has 0 aliphatic rings. The second kappa shape index (κ2) is 8.75. The summed E-state index contributed by atoms with van der Waals surface area (Å²) in [6.07, 6.45) is 0. The standard InChI is InChI=1S/C18H28N4O4/c1-13(14-8-7-9-15(10-14)22(25)26)20(5)12-17(24)21(6)11-16(23)19-18(2,3)4/h7-10,13H,11-12H2,1-6H3,(H,19,23). The molecule has 8 heteroatoms. The van der Waals surface area contributed by atoms with E-state index in [-0.39, 0.29) is 42.2 Å². The molecule has 26 heavy (non-hydrogen) atoms. The van der Waals surface area contributed by atoms with Gasteiger partial charge in [-0.3, -0.25) is 24.6 Å². The van der Waals surface area contributed by atoms with Crippen LogP contribution in [0.25, 0.3) is 0 Å². The van der Waals surface area contributed by atoms with E-state index in [0.717, 1.165) is 5.56 Å². The van der Waals surface area contributed by atoms with Crippen molar-refractivity contribution in [2.45, 2.75) is 39.3 Å². The van der Waals surface area contributed by atoms with Crippen LogP contribution in [0.1, 0.15) is 39.3 Å². The molecule has 2 amide bonds. The highest BCUT2D eigenvalue weighted by molar-refractivity contribution is 5.85. The summed E-state index contributed by atoms with van der Waals surface area (Å²) in [6, 6.07) is 6.17. The second-order valence-corrected chi connectivity index (χ2v) is 7.49. The third-order valence-electron chi connectivity index (χ3n) is 3.93. The summed E-state index contributed by atoms with van der Waals surface area (Å²) in [6.45, 7) is 7.58. The molecule has 0 aliphatic carbocycles. The van der Waals surface area contributed by atoms with Crippen LogP contribution in [0.4, 0.5) is 5.69 Å². The summed E-state index contributed by atoms with van der Waals surface area (Å²) in [4.78, 5) is 37.9. The fourth-order valence-electron chi connectivity index (χ4n) is 2.39. The zero-order chi connectivity index (χ0) is 20.1. The lowest BCUT2D eigenvalue weighted by molar-refractivity contribution is -0.384. The summed E-state index contributed by atoms with van der Waals surface area (Å²) in [5, 5.41) is 13.7. The fourth-order valence-corrected chi connectivity index (χ4v) is 2.39. The summed E-state index contributed by atoms with van der Waals surface area (Å²) in [5.41, 5.74) is 0.418. The number of nitro benzene ring substituents is 1. The molecule has 0 fully saturated rings. The average molecular weight is 364 g/mol. The van der Waals surface area contributed by atoms with Crippen LogP contribution in [0.3, 0.4) is 0 Å². The van der Waals surface area contributed by atoms with Crippen LogP contribution in [-0.2, 0) is 9.59 Å². The molecule has 1 atom stereocenters. The Bertz CT molecular complexity index is 669. The highest BCUT2D eigenvalue weighted by Crippen LogP contribution is 2.22. The molecule has 144 valence electrons. The lowest BCUT2D eigenvalue weighted by Crippen LogP contribution is -2.47. The Morgan fingerprint density at radius 3 is 2.38 bits per heavy atom. The maximum absolute atomic E-state index is 12.4. The first-order chi connectivity index (χ1) is 11.9. The van der Waals surface area contributed by atoms with E-state index >= 15 is 0 Å². The lowest BCUT2D eigenvalue weighted by Gasteiger charge is -2.27. The van der Waals surface area contributed by atoms with Gasteiger partial charge in [0.1, 0.15) is 0 Å². The Balaban J connectivity index is 2.66. The van der Waals surface area contributed by atoms with Gasteiger partial charge in [-0.05, 0) is 40.3 Å². The number of nitrogens with one attached hydrogen (secondary N) is 1. The van der Waals surface area contributed by atoms with E-state index in [0.29, 0.717) is 0 Å². The van der Waals surface area contributed by atoms with Gasteiger partial charge in [0, 0.05) is 30.8 Å². The van der Waals surface area contributed by atoms with Crippen LogP contribution < -0.4 is 5.32 Å². The van der Waals surface area contributed by atoms with Gasteiger partial charge < -0.3 is 10.2 Å². The number of nitrogens with zero attached hydrogens (tertiary/aromatic N) is 3. The Hall–Kier alpha value is -2.48. The largest absolute Gasteiger partial charge is 0.350 e. The maximum Gasteiger partial charge on any atom is 0.269 e. The van der Waals surface area contributed by atoms with Crippen LogP contribution in [0.15, 0.2) is 24.3 Å². The molecule has 0 saturated heterocycles. The van der Waals surface area contributed by atoms with E-state index in [4.69, 9.17) is 0 Å². The fraction of sp³-hybridized carbons (Fsp3) is 0.556. The number of hydrogen-bond acceptors (Lipinski definition) is 5. The van der Waals surface area contributed by atoms with Crippen molar-refractivity contribution in [3.63, 3.8) is 0 Å². The van der Waals surface area contributed by atoms with Crippen molar-refractivity contribution in [1.29, 1.82) is 0 Å². The number of non-ortho nitro benzene ring substituents is 1.